The van der Waals surface area contributed by atoms with E-state index in [1.54, 1.807) is 6.20 Å². The van der Waals surface area contributed by atoms with Crippen molar-refractivity contribution in [1.29, 1.82) is 0 Å². The van der Waals surface area contributed by atoms with Crippen LogP contribution in [0.3, 0.4) is 0 Å². The Morgan fingerprint density at radius 3 is 3.00 bits per heavy atom. The molecule has 0 fully saturated rings. The Kier molecular flexibility index (Phi) is 2.71. The highest BCUT2D eigenvalue weighted by Gasteiger charge is 1.98. The summed E-state index contributed by atoms with van der Waals surface area (Å²) in [5.74, 6) is 0. The molecule has 0 radical (unpaired) electrons. The van der Waals surface area contributed by atoms with Gasteiger partial charge < -0.3 is 5.32 Å². The Hall–Kier alpha value is -0.760. The van der Waals surface area contributed by atoms with Crippen molar-refractivity contribution < 1.29 is 0 Å². The summed E-state index contributed by atoms with van der Waals surface area (Å²) in [6, 6.07) is 1.98. The predicted molar refractivity (Wildman–Crippen MR) is 48.1 cm³/mol. The highest BCUT2D eigenvalue weighted by atomic mass is 35.5. The second kappa shape index (κ2) is 3.58. The minimum atomic E-state index is 0.539. The summed E-state index contributed by atoms with van der Waals surface area (Å²) in [6.07, 6.45) is 1.75. The van der Waals surface area contributed by atoms with Crippen LogP contribution in [0.25, 0.3) is 0 Å². The molecule has 0 aliphatic heterocycles. The fourth-order valence-electron chi connectivity index (χ4n) is 0.867. The lowest BCUT2D eigenvalue weighted by atomic mass is 10.3. The van der Waals surface area contributed by atoms with E-state index in [2.05, 4.69) is 10.3 Å². The maximum absolute atomic E-state index is 5.80. The Bertz CT molecular complexity index is 248. The molecule has 0 aliphatic rings. The van der Waals surface area contributed by atoms with Crippen LogP contribution in [0.1, 0.15) is 12.5 Å². The summed E-state index contributed by atoms with van der Waals surface area (Å²) in [4.78, 5) is 4.00. The second-order valence-corrected chi connectivity index (χ2v) is 2.74. The van der Waals surface area contributed by atoms with Crippen LogP contribution in [-0.2, 0) is 0 Å². The number of hydrogen-bond donors (Lipinski definition) is 1. The molecule has 0 saturated heterocycles. The molecule has 0 saturated carbocycles. The lowest BCUT2D eigenvalue weighted by Gasteiger charge is -2.04. The molecule has 0 aliphatic carbocycles. The van der Waals surface area contributed by atoms with E-state index in [0.29, 0.717) is 5.15 Å². The summed E-state index contributed by atoms with van der Waals surface area (Å²) in [7, 11) is 0. The monoisotopic (exact) mass is 170 g/mol. The van der Waals surface area contributed by atoms with Crippen LogP contribution < -0.4 is 5.32 Å². The molecule has 1 heterocycles. The fraction of sp³-hybridized carbons (Fsp3) is 0.375. The van der Waals surface area contributed by atoms with Crippen molar-refractivity contribution >= 4 is 17.3 Å². The van der Waals surface area contributed by atoms with Gasteiger partial charge in [0.15, 0.2) is 5.15 Å². The van der Waals surface area contributed by atoms with Gasteiger partial charge in [0.1, 0.15) is 0 Å². The molecule has 60 valence electrons. The van der Waals surface area contributed by atoms with Crippen LogP contribution in [0.2, 0.25) is 5.15 Å². The van der Waals surface area contributed by atoms with Gasteiger partial charge in [0.2, 0.25) is 0 Å². The van der Waals surface area contributed by atoms with Gasteiger partial charge in [-0.25, -0.2) is 4.98 Å². The van der Waals surface area contributed by atoms with Gasteiger partial charge in [-0.15, -0.1) is 0 Å². The SMILES string of the molecule is CCNc1cc(C)cnc1Cl. The molecule has 1 aromatic rings. The maximum Gasteiger partial charge on any atom is 0.152 e. The first-order chi connectivity index (χ1) is 5.24. The maximum atomic E-state index is 5.80. The van der Waals surface area contributed by atoms with Crippen molar-refractivity contribution in [1.82, 2.24) is 4.98 Å². The number of anilines is 1. The topological polar surface area (TPSA) is 24.9 Å². The Morgan fingerprint density at radius 2 is 2.36 bits per heavy atom. The van der Waals surface area contributed by atoms with Crippen molar-refractivity contribution in [3.8, 4) is 0 Å². The van der Waals surface area contributed by atoms with Crippen LogP contribution in [-0.4, -0.2) is 11.5 Å². The smallest absolute Gasteiger partial charge is 0.152 e. The van der Waals surface area contributed by atoms with Crippen molar-refractivity contribution in [2.24, 2.45) is 0 Å². The molecule has 0 spiro atoms. The van der Waals surface area contributed by atoms with Gasteiger partial charge in [-0.3, -0.25) is 0 Å². The van der Waals surface area contributed by atoms with Gasteiger partial charge in [0, 0.05) is 12.7 Å². The zero-order valence-electron chi connectivity index (χ0n) is 6.69. The van der Waals surface area contributed by atoms with E-state index in [1.165, 1.54) is 0 Å². The predicted octanol–water partition coefficient (Wildman–Crippen LogP) is 2.48. The largest absolute Gasteiger partial charge is 0.383 e. The molecular weight excluding hydrogens is 160 g/mol. The third-order valence-electron chi connectivity index (χ3n) is 1.34. The lowest BCUT2D eigenvalue weighted by Crippen LogP contribution is -1.98. The average Bonchev–Trinajstić information content (AvgIpc) is 1.98. The van der Waals surface area contributed by atoms with Crippen LogP contribution in [0.4, 0.5) is 5.69 Å². The molecule has 1 N–H and O–H groups in total. The number of nitrogens with one attached hydrogen (secondary N) is 1. The Balaban J connectivity index is 2.93. The van der Waals surface area contributed by atoms with Crippen molar-refractivity contribution in [2.75, 3.05) is 11.9 Å². The van der Waals surface area contributed by atoms with Crippen molar-refractivity contribution in [2.45, 2.75) is 13.8 Å². The normalized spacial score (nSPS) is 9.73. The van der Waals surface area contributed by atoms with E-state index in [4.69, 9.17) is 11.6 Å². The summed E-state index contributed by atoms with van der Waals surface area (Å²) in [5.41, 5.74) is 2.03. The highest BCUT2D eigenvalue weighted by molar-refractivity contribution is 6.31. The lowest BCUT2D eigenvalue weighted by molar-refractivity contribution is 1.18. The summed E-state index contributed by atoms with van der Waals surface area (Å²) in [6.45, 7) is 4.88. The number of pyridine rings is 1. The first-order valence-corrected chi connectivity index (χ1v) is 3.98. The molecule has 2 nitrogen and oxygen atoms in total. The van der Waals surface area contributed by atoms with E-state index in [9.17, 15) is 0 Å². The summed E-state index contributed by atoms with van der Waals surface area (Å²) in [5, 5.41) is 3.66. The Morgan fingerprint density at radius 1 is 1.64 bits per heavy atom. The molecule has 1 aromatic heterocycles. The molecule has 11 heavy (non-hydrogen) atoms. The van der Waals surface area contributed by atoms with Gasteiger partial charge in [-0.05, 0) is 25.5 Å². The van der Waals surface area contributed by atoms with Gasteiger partial charge >= 0.3 is 0 Å². The van der Waals surface area contributed by atoms with E-state index in [-0.39, 0.29) is 0 Å². The second-order valence-electron chi connectivity index (χ2n) is 2.38. The average molecular weight is 171 g/mol. The van der Waals surface area contributed by atoms with Gasteiger partial charge in [0.25, 0.3) is 0 Å². The van der Waals surface area contributed by atoms with Gasteiger partial charge in [-0.1, -0.05) is 11.6 Å². The van der Waals surface area contributed by atoms with E-state index >= 15 is 0 Å². The van der Waals surface area contributed by atoms with Crippen LogP contribution in [0.5, 0.6) is 0 Å². The summed E-state index contributed by atoms with van der Waals surface area (Å²) < 4.78 is 0. The molecule has 1 rings (SSSR count). The first kappa shape index (κ1) is 8.34. The number of nitrogens with zero attached hydrogens (tertiary/aromatic N) is 1. The summed E-state index contributed by atoms with van der Waals surface area (Å²) >= 11 is 5.80. The first-order valence-electron chi connectivity index (χ1n) is 3.60. The molecule has 3 heteroatoms. The van der Waals surface area contributed by atoms with Crippen LogP contribution in [0.15, 0.2) is 12.3 Å². The third kappa shape index (κ3) is 2.09. The van der Waals surface area contributed by atoms with E-state index < -0.39 is 0 Å². The number of halogens is 1. The number of aromatic nitrogens is 1. The number of aryl methyl sites for hydroxylation is 1. The van der Waals surface area contributed by atoms with Gasteiger partial charge in [-0.2, -0.15) is 0 Å². The standard InChI is InChI=1S/C8H11ClN2/c1-3-10-7-4-6(2)5-11-8(7)9/h4-5,10H,3H2,1-2H3. The molecule has 0 unspecified atom stereocenters. The molecule has 0 amide bonds. The quantitative estimate of drug-likeness (QED) is 0.690. The highest BCUT2D eigenvalue weighted by Crippen LogP contribution is 2.18. The molecule has 0 atom stereocenters. The minimum Gasteiger partial charge on any atom is -0.383 e. The molecule has 0 aromatic carbocycles. The van der Waals surface area contributed by atoms with E-state index in [0.717, 1.165) is 17.8 Å². The van der Waals surface area contributed by atoms with Gasteiger partial charge in [0.05, 0.1) is 5.69 Å². The minimum absolute atomic E-state index is 0.539. The zero-order chi connectivity index (χ0) is 8.27. The van der Waals surface area contributed by atoms with Crippen molar-refractivity contribution in [3.05, 3.63) is 23.0 Å². The van der Waals surface area contributed by atoms with E-state index in [1.807, 2.05) is 19.9 Å². The third-order valence-corrected chi connectivity index (χ3v) is 1.64. The van der Waals surface area contributed by atoms with Crippen molar-refractivity contribution in [3.63, 3.8) is 0 Å². The number of rotatable bonds is 2. The Labute approximate surface area is 71.6 Å². The number of hydrogen-bond acceptors (Lipinski definition) is 2. The van der Waals surface area contributed by atoms with Crippen LogP contribution in [0, 0.1) is 6.92 Å². The molecule has 0 bridgehead atoms. The molecular formula is C8H11ClN2. The zero-order valence-corrected chi connectivity index (χ0v) is 7.44. The fourth-order valence-corrected chi connectivity index (χ4v) is 1.04. The van der Waals surface area contributed by atoms with Crippen LogP contribution >= 0.6 is 11.6 Å².